The molecule has 0 saturated carbocycles. The van der Waals surface area contributed by atoms with Crippen LogP contribution >= 0.6 is 0 Å². The van der Waals surface area contributed by atoms with Gasteiger partial charge in [-0.05, 0) is 36.6 Å². The number of pyridine rings is 1. The van der Waals surface area contributed by atoms with Crippen LogP contribution in [0.4, 0.5) is 5.69 Å². The van der Waals surface area contributed by atoms with E-state index < -0.39 is 0 Å². The van der Waals surface area contributed by atoms with Crippen molar-refractivity contribution in [3.63, 3.8) is 0 Å². The van der Waals surface area contributed by atoms with E-state index in [1.165, 1.54) is 11.1 Å². The first kappa shape index (κ1) is 15.3. The lowest BCUT2D eigenvalue weighted by Crippen LogP contribution is -2.31. The molecule has 2 aromatic rings. The zero-order valence-electron chi connectivity index (χ0n) is 13.5. The van der Waals surface area contributed by atoms with Crippen LogP contribution in [0.1, 0.15) is 18.1 Å². The van der Waals surface area contributed by atoms with Gasteiger partial charge < -0.3 is 10.6 Å². The fourth-order valence-electron chi connectivity index (χ4n) is 2.83. The minimum atomic E-state index is -0.0555. The minimum Gasteiger partial charge on any atom is -0.383 e. The molecule has 1 heterocycles. The zero-order chi connectivity index (χ0) is 16.2. The molecule has 1 aromatic carbocycles. The number of anilines is 1. The Bertz CT molecular complexity index is 737. The average molecular weight is 307 g/mol. The molecule has 1 aromatic heterocycles. The third-order valence-electron chi connectivity index (χ3n) is 4.17. The van der Waals surface area contributed by atoms with E-state index in [9.17, 15) is 4.79 Å². The number of hydrogen-bond acceptors (Lipinski definition) is 3. The van der Waals surface area contributed by atoms with Gasteiger partial charge in [0, 0.05) is 31.2 Å². The third-order valence-corrected chi connectivity index (χ3v) is 4.17. The second-order valence-corrected chi connectivity index (χ2v) is 5.80. The average Bonchev–Trinajstić information content (AvgIpc) is 3.25. The molecular weight excluding hydrogens is 286 g/mol. The zero-order valence-corrected chi connectivity index (χ0v) is 13.5. The van der Waals surface area contributed by atoms with Crippen molar-refractivity contribution in [2.75, 3.05) is 18.4 Å². The topological polar surface area (TPSA) is 54.0 Å². The van der Waals surface area contributed by atoms with Gasteiger partial charge in [-0.1, -0.05) is 35.9 Å². The largest absolute Gasteiger partial charge is 0.383 e. The van der Waals surface area contributed by atoms with Crippen molar-refractivity contribution in [3.05, 3.63) is 65.5 Å². The van der Waals surface area contributed by atoms with Gasteiger partial charge in [0.25, 0.3) is 0 Å². The Kier molecular flexibility index (Phi) is 4.42. The van der Waals surface area contributed by atoms with E-state index in [0.29, 0.717) is 13.1 Å². The highest BCUT2D eigenvalue weighted by molar-refractivity contribution is 6.05. The molecule has 1 aliphatic rings. The number of rotatable bonds is 6. The Morgan fingerprint density at radius 1 is 1.13 bits per heavy atom. The number of nitrogens with zero attached hydrogens (tertiary/aromatic N) is 1. The van der Waals surface area contributed by atoms with Crippen molar-refractivity contribution < 1.29 is 4.79 Å². The van der Waals surface area contributed by atoms with Crippen molar-refractivity contribution in [3.8, 4) is 0 Å². The highest BCUT2D eigenvalue weighted by atomic mass is 16.2. The normalized spacial score (nSPS) is 16.2. The predicted octanol–water partition coefficient (Wildman–Crippen LogP) is 3.02. The van der Waals surface area contributed by atoms with Gasteiger partial charge in [0.05, 0.1) is 5.92 Å². The maximum absolute atomic E-state index is 12.3. The second-order valence-electron chi connectivity index (χ2n) is 5.80. The summed E-state index contributed by atoms with van der Waals surface area (Å²) in [6.45, 7) is 5.35. The SMILES string of the molecule is CC1=C(c2ccccc2)C1C(=O)NCCNc1ccncc1C. The molecule has 0 spiro atoms. The van der Waals surface area contributed by atoms with Crippen LogP contribution in [0.15, 0.2) is 54.4 Å². The lowest BCUT2D eigenvalue weighted by atomic mass is 10.1. The predicted molar refractivity (Wildman–Crippen MR) is 93.0 cm³/mol. The number of hydrogen-bond donors (Lipinski definition) is 2. The Morgan fingerprint density at radius 2 is 1.91 bits per heavy atom. The monoisotopic (exact) mass is 307 g/mol. The second kappa shape index (κ2) is 6.65. The summed E-state index contributed by atoms with van der Waals surface area (Å²) in [4.78, 5) is 16.4. The number of benzene rings is 1. The molecule has 3 rings (SSSR count). The van der Waals surface area contributed by atoms with Gasteiger partial charge in [0.15, 0.2) is 0 Å². The smallest absolute Gasteiger partial charge is 0.231 e. The third kappa shape index (κ3) is 3.42. The van der Waals surface area contributed by atoms with Gasteiger partial charge in [-0.3, -0.25) is 9.78 Å². The number of nitrogens with one attached hydrogen (secondary N) is 2. The van der Waals surface area contributed by atoms with Crippen LogP contribution in [0.5, 0.6) is 0 Å². The summed E-state index contributed by atoms with van der Waals surface area (Å²) in [7, 11) is 0. The number of aryl methyl sites for hydroxylation is 1. The van der Waals surface area contributed by atoms with E-state index in [1.54, 1.807) is 6.20 Å². The molecule has 118 valence electrons. The van der Waals surface area contributed by atoms with Crippen LogP contribution < -0.4 is 10.6 Å². The summed E-state index contributed by atoms with van der Waals surface area (Å²) in [5.41, 5.74) is 5.65. The molecule has 1 amide bonds. The standard InChI is InChI=1S/C19H21N3O/c1-13-12-20-9-8-16(13)21-10-11-22-19(23)18-14(2)17(18)15-6-4-3-5-7-15/h3-9,12,18H,10-11H2,1-2H3,(H,20,21)(H,22,23). The Labute approximate surface area is 136 Å². The number of carbonyl (C=O) groups is 1. The van der Waals surface area contributed by atoms with Gasteiger partial charge in [0.2, 0.25) is 5.91 Å². The van der Waals surface area contributed by atoms with Crippen LogP contribution in [-0.4, -0.2) is 24.0 Å². The van der Waals surface area contributed by atoms with Crippen LogP contribution in [0.2, 0.25) is 0 Å². The van der Waals surface area contributed by atoms with Crippen LogP contribution in [0.25, 0.3) is 5.57 Å². The molecule has 23 heavy (non-hydrogen) atoms. The van der Waals surface area contributed by atoms with Gasteiger partial charge in [-0.15, -0.1) is 0 Å². The van der Waals surface area contributed by atoms with E-state index in [4.69, 9.17) is 0 Å². The molecule has 2 N–H and O–H groups in total. The molecule has 0 fully saturated rings. The molecule has 1 unspecified atom stereocenters. The van der Waals surface area contributed by atoms with E-state index in [0.717, 1.165) is 16.8 Å². The highest BCUT2D eigenvalue weighted by Crippen LogP contribution is 2.46. The minimum absolute atomic E-state index is 0.0555. The first-order chi connectivity index (χ1) is 11.2. The van der Waals surface area contributed by atoms with Crippen molar-refractivity contribution in [2.24, 2.45) is 5.92 Å². The molecule has 4 heteroatoms. The fraction of sp³-hybridized carbons (Fsp3) is 0.263. The van der Waals surface area contributed by atoms with Gasteiger partial charge in [-0.2, -0.15) is 0 Å². The van der Waals surface area contributed by atoms with Crippen molar-refractivity contribution in [1.82, 2.24) is 10.3 Å². The molecule has 0 saturated heterocycles. The summed E-state index contributed by atoms with van der Waals surface area (Å²) in [5, 5.41) is 6.32. The first-order valence-electron chi connectivity index (χ1n) is 7.87. The molecule has 1 aliphatic carbocycles. The van der Waals surface area contributed by atoms with E-state index in [-0.39, 0.29) is 11.8 Å². The lowest BCUT2D eigenvalue weighted by molar-refractivity contribution is -0.121. The lowest BCUT2D eigenvalue weighted by Gasteiger charge is -2.10. The molecule has 0 radical (unpaired) electrons. The van der Waals surface area contributed by atoms with E-state index in [2.05, 4.69) is 27.8 Å². The molecule has 4 nitrogen and oxygen atoms in total. The molecule has 1 atom stereocenters. The van der Waals surface area contributed by atoms with Gasteiger partial charge >= 0.3 is 0 Å². The molecule has 0 aliphatic heterocycles. The van der Waals surface area contributed by atoms with E-state index >= 15 is 0 Å². The quantitative estimate of drug-likeness (QED) is 0.807. The molecular formula is C19H21N3O. The van der Waals surface area contributed by atoms with Crippen molar-refractivity contribution in [2.45, 2.75) is 13.8 Å². The maximum atomic E-state index is 12.3. The van der Waals surface area contributed by atoms with Crippen LogP contribution in [0.3, 0.4) is 0 Å². The van der Waals surface area contributed by atoms with Crippen LogP contribution in [0, 0.1) is 12.8 Å². The molecule has 0 bridgehead atoms. The summed E-state index contributed by atoms with van der Waals surface area (Å²) >= 11 is 0. The Balaban J connectivity index is 1.46. The van der Waals surface area contributed by atoms with Gasteiger partial charge in [0.1, 0.15) is 0 Å². The Hall–Kier alpha value is -2.62. The maximum Gasteiger partial charge on any atom is 0.231 e. The fourth-order valence-corrected chi connectivity index (χ4v) is 2.83. The number of carbonyl (C=O) groups excluding carboxylic acids is 1. The number of aromatic nitrogens is 1. The van der Waals surface area contributed by atoms with Crippen LogP contribution in [-0.2, 0) is 4.79 Å². The van der Waals surface area contributed by atoms with E-state index in [1.807, 2.05) is 44.3 Å². The number of amides is 1. The summed E-state index contributed by atoms with van der Waals surface area (Å²) in [6, 6.07) is 12.0. The first-order valence-corrected chi connectivity index (χ1v) is 7.87. The summed E-state index contributed by atoms with van der Waals surface area (Å²) < 4.78 is 0. The van der Waals surface area contributed by atoms with Crippen molar-refractivity contribution in [1.29, 1.82) is 0 Å². The Morgan fingerprint density at radius 3 is 2.65 bits per heavy atom. The summed E-state index contributed by atoms with van der Waals surface area (Å²) in [5.74, 6) is 0.0367. The van der Waals surface area contributed by atoms with Crippen molar-refractivity contribution >= 4 is 17.2 Å². The van der Waals surface area contributed by atoms with Gasteiger partial charge in [-0.25, -0.2) is 0 Å². The summed E-state index contributed by atoms with van der Waals surface area (Å²) in [6.07, 6.45) is 3.59. The highest BCUT2D eigenvalue weighted by Gasteiger charge is 2.39.